The summed E-state index contributed by atoms with van der Waals surface area (Å²) in [5, 5.41) is 0. The molecular weight excluding hydrogens is 222 g/mol. The van der Waals surface area contributed by atoms with Crippen LogP contribution in [0.5, 0.6) is 5.75 Å². The van der Waals surface area contributed by atoms with Crippen LogP contribution in [0.4, 0.5) is 0 Å². The van der Waals surface area contributed by atoms with Crippen LogP contribution in [-0.4, -0.2) is 13.7 Å². The van der Waals surface area contributed by atoms with Crippen LogP contribution in [0.15, 0.2) is 18.2 Å². The molecule has 0 bridgehead atoms. The first-order chi connectivity index (χ1) is 8.48. The molecule has 102 valence electrons. The molecule has 18 heavy (non-hydrogen) atoms. The summed E-state index contributed by atoms with van der Waals surface area (Å²) in [6.07, 6.45) is 2.27. The van der Waals surface area contributed by atoms with Crippen LogP contribution in [0.3, 0.4) is 0 Å². The molecule has 0 fully saturated rings. The van der Waals surface area contributed by atoms with E-state index in [1.54, 1.807) is 7.11 Å². The molecule has 0 saturated heterocycles. The highest BCUT2D eigenvalue weighted by Gasteiger charge is 2.25. The lowest BCUT2D eigenvalue weighted by atomic mass is 9.77. The van der Waals surface area contributed by atoms with Crippen molar-refractivity contribution in [3.05, 3.63) is 29.3 Å². The Morgan fingerprint density at radius 2 is 2.00 bits per heavy atom. The molecule has 0 aromatic heterocycles. The maximum absolute atomic E-state index is 5.99. The van der Waals surface area contributed by atoms with Crippen molar-refractivity contribution >= 4 is 0 Å². The van der Waals surface area contributed by atoms with Crippen LogP contribution in [-0.2, 0) is 5.41 Å². The Hall–Kier alpha value is -1.02. The van der Waals surface area contributed by atoms with Gasteiger partial charge in [-0.2, -0.15) is 0 Å². The molecule has 1 aromatic rings. The Bertz CT molecular complexity index is 387. The Balaban J connectivity index is 3.21. The van der Waals surface area contributed by atoms with Crippen LogP contribution in [0.25, 0.3) is 0 Å². The molecule has 0 spiro atoms. The molecule has 1 unspecified atom stereocenters. The van der Waals surface area contributed by atoms with Crippen molar-refractivity contribution in [2.75, 3.05) is 13.7 Å². The maximum atomic E-state index is 5.99. The summed E-state index contributed by atoms with van der Waals surface area (Å²) in [6.45, 7) is 9.54. The molecule has 1 aromatic carbocycles. The van der Waals surface area contributed by atoms with E-state index in [1.807, 2.05) is 0 Å². The monoisotopic (exact) mass is 249 g/mol. The standard InChI is InChI=1S/C16H27NO/c1-6-9-16(4,11-17)13-7-8-15(18-5)14(10-13)12(2)3/h7-8,10,12H,6,9,11,17H2,1-5H3. The zero-order chi connectivity index (χ0) is 13.8. The first kappa shape index (κ1) is 15.0. The molecule has 0 aliphatic rings. The molecule has 1 rings (SSSR count). The predicted molar refractivity (Wildman–Crippen MR) is 78.4 cm³/mol. The highest BCUT2D eigenvalue weighted by Crippen LogP contribution is 2.34. The van der Waals surface area contributed by atoms with Crippen molar-refractivity contribution in [2.45, 2.75) is 51.9 Å². The Labute approximate surface area is 112 Å². The number of methoxy groups -OCH3 is 1. The van der Waals surface area contributed by atoms with Gasteiger partial charge in [-0.3, -0.25) is 0 Å². The fraction of sp³-hybridized carbons (Fsp3) is 0.625. The van der Waals surface area contributed by atoms with E-state index < -0.39 is 0 Å². The normalized spacial score (nSPS) is 14.6. The predicted octanol–water partition coefficient (Wildman–Crippen LogP) is 3.84. The molecule has 0 aliphatic heterocycles. The molecule has 0 amide bonds. The summed E-state index contributed by atoms with van der Waals surface area (Å²) >= 11 is 0. The van der Waals surface area contributed by atoms with Crippen LogP contribution in [0.1, 0.15) is 57.6 Å². The van der Waals surface area contributed by atoms with Gasteiger partial charge in [-0.1, -0.05) is 46.2 Å². The minimum Gasteiger partial charge on any atom is -0.496 e. The van der Waals surface area contributed by atoms with E-state index in [2.05, 4.69) is 45.9 Å². The number of rotatable bonds is 6. The third kappa shape index (κ3) is 3.05. The molecule has 0 heterocycles. The first-order valence-corrected chi connectivity index (χ1v) is 6.87. The fourth-order valence-electron chi connectivity index (χ4n) is 2.48. The summed E-state index contributed by atoms with van der Waals surface area (Å²) in [5.41, 5.74) is 8.66. The van der Waals surface area contributed by atoms with E-state index in [1.165, 1.54) is 11.1 Å². The average Bonchev–Trinajstić information content (AvgIpc) is 2.38. The zero-order valence-corrected chi connectivity index (χ0v) is 12.4. The van der Waals surface area contributed by atoms with E-state index in [9.17, 15) is 0 Å². The molecule has 0 aliphatic carbocycles. The second-order valence-electron chi connectivity index (χ2n) is 5.63. The lowest BCUT2D eigenvalue weighted by Gasteiger charge is -2.29. The molecule has 2 nitrogen and oxygen atoms in total. The van der Waals surface area contributed by atoms with E-state index in [4.69, 9.17) is 10.5 Å². The molecule has 2 N–H and O–H groups in total. The molecule has 0 radical (unpaired) electrons. The van der Waals surface area contributed by atoms with Gasteiger partial charge in [0.05, 0.1) is 7.11 Å². The number of benzene rings is 1. The Kier molecular flexibility index (Phi) is 5.21. The van der Waals surface area contributed by atoms with Crippen molar-refractivity contribution in [3.8, 4) is 5.75 Å². The first-order valence-electron chi connectivity index (χ1n) is 6.87. The Morgan fingerprint density at radius 1 is 1.33 bits per heavy atom. The lowest BCUT2D eigenvalue weighted by Crippen LogP contribution is -2.31. The second-order valence-corrected chi connectivity index (χ2v) is 5.63. The minimum absolute atomic E-state index is 0.0741. The third-order valence-corrected chi connectivity index (χ3v) is 3.80. The van der Waals surface area contributed by atoms with Crippen LogP contribution >= 0.6 is 0 Å². The van der Waals surface area contributed by atoms with Gasteiger partial charge in [0.15, 0.2) is 0 Å². The van der Waals surface area contributed by atoms with Crippen molar-refractivity contribution in [2.24, 2.45) is 5.73 Å². The minimum atomic E-state index is 0.0741. The van der Waals surface area contributed by atoms with E-state index in [0.29, 0.717) is 12.5 Å². The number of hydrogen-bond acceptors (Lipinski definition) is 2. The topological polar surface area (TPSA) is 35.2 Å². The average molecular weight is 249 g/mol. The molecule has 0 saturated carbocycles. The molecule has 2 heteroatoms. The summed E-state index contributed by atoms with van der Waals surface area (Å²) in [6, 6.07) is 6.51. The summed E-state index contributed by atoms with van der Waals surface area (Å²) < 4.78 is 5.44. The summed E-state index contributed by atoms with van der Waals surface area (Å²) in [7, 11) is 1.73. The van der Waals surface area contributed by atoms with Gasteiger partial charge in [0, 0.05) is 12.0 Å². The molecular formula is C16H27NO. The Morgan fingerprint density at radius 3 is 2.44 bits per heavy atom. The fourth-order valence-corrected chi connectivity index (χ4v) is 2.48. The van der Waals surface area contributed by atoms with Crippen molar-refractivity contribution < 1.29 is 4.74 Å². The van der Waals surface area contributed by atoms with Crippen LogP contribution in [0, 0.1) is 0 Å². The smallest absolute Gasteiger partial charge is 0.122 e. The number of nitrogens with two attached hydrogens (primary N) is 1. The second kappa shape index (κ2) is 6.24. The summed E-state index contributed by atoms with van der Waals surface area (Å²) in [4.78, 5) is 0. The van der Waals surface area contributed by atoms with E-state index in [-0.39, 0.29) is 5.41 Å². The van der Waals surface area contributed by atoms with Gasteiger partial charge >= 0.3 is 0 Å². The summed E-state index contributed by atoms with van der Waals surface area (Å²) in [5.74, 6) is 1.44. The highest BCUT2D eigenvalue weighted by atomic mass is 16.5. The maximum Gasteiger partial charge on any atom is 0.122 e. The highest BCUT2D eigenvalue weighted by molar-refractivity contribution is 5.42. The van der Waals surface area contributed by atoms with Gasteiger partial charge in [0.25, 0.3) is 0 Å². The van der Waals surface area contributed by atoms with Gasteiger partial charge in [-0.15, -0.1) is 0 Å². The van der Waals surface area contributed by atoms with Crippen molar-refractivity contribution in [1.82, 2.24) is 0 Å². The van der Waals surface area contributed by atoms with Gasteiger partial charge in [0.2, 0.25) is 0 Å². The number of ether oxygens (including phenoxy) is 1. The van der Waals surface area contributed by atoms with Gasteiger partial charge in [-0.25, -0.2) is 0 Å². The third-order valence-electron chi connectivity index (χ3n) is 3.80. The number of hydrogen-bond donors (Lipinski definition) is 1. The van der Waals surface area contributed by atoms with Crippen molar-refractivity contribution in [3.63, 3.8) is 0 Å². The lowest BCUT2D eigenvalue weighted by molar-refractivity contribution is 0.404. The van der Waals surface area contributed by atoms with Gasteiger partial charge in [-0.05, 0) is 29.5 Å². The van der Waals surface area contributed by atoms with Gasteiger partial charge < -0.3 is 10.5 Å². The SMILES string of the molecule is CCCC(C)(CN)c1ccc(OC)c(C(C)C)c1. The van der Waals surface area contributed by atoms with Crippen LogP contribution < -0.4 is 10.5 Å². The van der Waals surface area contributed by atoms with Crippen LogP contribution in [0.2, 0.25) is 0 Å². The van der Waals surface area contributed by atoms with Crippen molar-refractivity contribution in [1.29, 1.82) is 0 Å². The van der Waals surface area contributed by atoms with E-state index >= 15 is 0 Å². The largest absolute Gasteiger partial charge is 0.496 e. The molecule has 1 atom stereocenters. The zero-order valence-electron chi connectivity index (χ0n) is 12.4. The quantitative estimate of drug-likeness (QED) is 0.831. The van der Waals surface area contributed by atoms with E-state index in [0.717, 1.165) is 18.6 Å². The van der Waals surface area contributed by atoms with Gasteiger partial charge in [0.1, 0.15) is 5.75 Å².